The molecule has 2 heteroatoms. The van der Waals surface area contributed by atoms with Gasteiger partial charge in [0.05, 0.1) is 5.25 Å². The largest absolute Gasteiger partial charge is 0.102 e. The van der Waals surface area contributed by atoms with Gasteiger partial charge in [-0.05, 0) is 23.7 Å². The molecule has 0 amide bonds. The minimum Gasteiger partial charge on any atom is -0.102 e. The van der Waals surface area contributed by atoms with Crippen LogP contribution in [0.25, 0.3) is 0 Å². The summed E-state index contributed by atoms with van der Waals surface area (Å²) in [4.78, 5) is 1.63. The van der Waals surface area contributed by atoms with E-state index in [2.05, 4.69) is 12.7 Å². The standard InChI is InChI=1S/C11H16S2/c1-2-10-8-11(13-12-10)9-6-4-3-5-7-9/h2,8-10H,1,3-7H2. The van der Waals surface area contributed by atoms with Crippen LogP contribution >= 0.6 is 21.6 Å². The van der Waals surface area contributed by atoms with E-state index in [9.17, 15) is 0 Å². The number of allylic oxidation sites excluding steroid dienone is 1. The smallest absolute Gasteiger partial charge is 0.0523 e. The van der Waals surface area contributed by atoms with Gasteiger partial charge in [0.2, 0.25) is 0 Å². The van der Waals surface area contributed by atoms with Gasteiger partial charge in [0.25, 0.3) is 0 Å². The molecular weight excluding hydrogens is 196 g/mol. The Hall–Kier alpha value is 0.180. The molecule has 1 heterocycles. The fraction of sp³-hybridized carbons (Fsp3) is 0.636. The van der Waals surface area contributed by atoms with Gasteiger partial charge in [-0.25, -0.2) is 0 Å². The van der Waals surface area contributed by atoms with E-state index in [1.807, 2.05) is 27.7 Å². The first-order chi connectivity index (χ1) is 6.40. The van der Waals surface area contributed by atoms with Gasteiger partial charge in [0, 0.05) is 0 Å². The van der Waals surface area contributed by atoms with Crippen molar-refractivity contribution in [2.75, 3.05) is 0 Å². The highest BCUT2D eigenvalue weighted by Crippen LogP contribution is 2.48. The Morgan fingerprint density at radius 1 is 1.31 bits per heavy atom. The molecule has 0 radical (unpaired) electrons. The van der Waals surface area contributed by atoms with E-state index in [1.54, 1.807) is 4.91 Å². The molecule has 1 atom stereocenters. The van der Waals surface area contributed by atoms with Gasteiger partial charge in [-0.2, -0.15) is 0 Å². The minimum absolute atomic E-state index is 0.571. The summed E-state index contributed by atoms with van der Waals surface area (Å²) in [6.07, 6.45) is 11.6. The molecule has 72 valence electrons. The van der Waals surface area contributed by atoms with Crippen molar-refractivity contribution in [1.82, 2.24) is 0 Å². The Labute approximate surface area is 88.6 Å². The van der Waals surface area contributed by atoms with Gasteiger partial charge in [-0.15, -0.1) is 6.58 Å². The molecule has 0 N–H and O–H groups in total. The SMILES string of the molecule is C=CC1C=C(C2CCCCC2)SS1. The molecule has 13 heavy (non-hydrogen) atoms. The predicted octanol–water partition coefficient (Wildman–Crippen LogP) is 4.40. The highest BCUT2D eigenvalue weighted by molar-refractivity contribution is 8.78. The summed E-state index contributed by atoms with van der Waals surface area (Å²) in [5, 5.41) is 0.571. The lowest BCUT2D eigenvalue weighted by molar-refractivity contribution is 0.415. The van der Waals surface area contributed by atoms with Crippen LogP contribution in [0.2, 0.25) is 0 Å². The number of hydrogen-bond donors (Lipinski definition) is 0. The van der Waals surface area contributed by atoms with Gasteiger partial charge in [-0.3, -0.25) is 0 Å². The maximum Gasteiger partial charge on any atom is 0.0523 e. The number of hydrogen-bond acceptors (Lipinski definition) is 2. The normalized spacial score (nSPS) is 30.2. The first kappa shape index (κ1) is 9.72. The summed E-state index contributed by atoms with van der Waals surface area (Å²) in [5.41, 5.74) is 0. The second-order valence-electron chi connectivity index (χ2n) is 3.78. The first-order valence-electron chi connectivity index (χ1n) is 5.08. The maximum absolute atomic E-state index is 3.84. The Morgan fingerprint density at radius 2 is 2.08 bits per heavy atom. The molecule has 0 spiro atoms. The summed E-state index contributed by atoms with van der Waals surface area (Å²) < 4.78 is 0. The predicted molar refractivity (Wildman–Crippen MR) is 63.8 cm³/mol. The summed E-state index contributed by atoms with van der Waals surface area (Å²) in [6.45, 7) is 3.84. The molecule has 0 aromatic carbocycles. The summed E-state index contributed by atoms with van der Waals surface area (Å²) in [5.74, 6) is 0.885. The molecule has 1 fully saturated rings. The molecule has 1 aliphatic carbocycles. The molecule has 2 aliphatic rings. The third-order valence-electron chi connectivity index (χ3n) is 2.82. The van der Waals surface area contributed by atoms with Crippen molar-refractivity contribution in [3.05, 3.63) is 23.6 Å². The van der Waals surface area contributed by atoms with Crippen LogP contribution in [0, 0.1) is 5.92 Å². The maximum atomic E-state index is 3.84. The molecule has 1 unspecified atom stereocenters. The zero-order valence-electron chi connectivity index (χ0n) is 7.87. The van der Waals surface area contributed by atoms with Gasteiger partial charge in [0.15, 0.2) is 0 Å². The zero-order valence-corrected chi connectivity index (χ0v) is 9.50. The van der Waals surface area contributed by atoms with Gasteiger partial charge >= 0.3 is 0 Å². The van der Waals surface area contributed by atoms with Crippen LogP contribution in [0.15, 0.2) is 23.6 Å². The molecule has 1 aliphatic heterocycles. The third-order valence-corrected chi connectivity index (χ3v) is 5.67. The van der Waals surface area contributed by atoms with Crippen LogP contribution in [-0.4, -0.2) is 5.25 Å². The molecule has 1 saturated carbocycles. The molecular formula is C11H16S2. The second-order valence-corrected chi connectivity index (χ2v) is 6.24. The van der Waals surface area contributed by atoms with E-state index in [-0.39, 0.29) is 0 Å². The van der Waals surface area contributed by atoms with E-state index < -0.39 is 0 Å². The van der Waals surface area contributed by atoms with Gasteiger partial charge in [-0.1, -0.05) is 53.0 Å². The third kappa shape index (κ3) is 2.35. The first-order valence-corrected chi connectivity index (χ1v) is 7.29. The molecule has 0 aromatic heterocycles. The zero-order chi connectivity index (χ0) is 9.10. The summed E-state index contributed by atoms with van der Waals surface area (Å²) >= 11 is 0. The van der Waals surface area contributed by atoms with Crippen molar-refractivity contribution in [3.8, 4) is 0 Å². The lowest BCUT2D eigenvalue weighted by atomic mass is 9.88. The minimum atomic E-state index is 0.571. The lowest BCUT2D eigenvalue weighted by Gasteiger charge is -2.21. The molecule has 2 rings (SSSR count). The van der Waals surface area contributed by atoms with Crippen LogP contribution < -0.4 is 0 Å². The molecule has 0 nitrogen and oxygen atoms in total. The number of rotatable bonds is 2. The Bertz CT molecular complexity index is 214. The van der Waals surface area contributed by atoms with E-state index in [4.69, 9.17) is 0 Å². The highest BCUT2D eigenvalue weighted by atomic mass is 33.1. The van der Waals surface area contributed by atoms with E-state index in [1.165, 1.54) is 32.1 Å². The van der Waals surface area contributed by atoms with E-state index in [0.29, 0.717) is 5.25 Å². The monoisotopic (exact) mass is 212 g/mol. The van der Waals surface area contributed by atoms with Crippen LogP contribution in [0.1, 0.15) is 32.1 Å². The van der Waals surface area contributed by atoms with E-state index in [0.717, 1.165) is 5.92 Å². The van der Waals surface area contributed by atoms with Crippen molar-refractivity contribution < 1.29 is 0 Å². The Kier molecular flexibility index (Phi) is 3.45. The highest BCUT2D eigenvalue weighted by Gasteiger charge is 2.23. The van der Waals surface area contributed by atoms with Crippen LogP contribution in [0.5, 0.6) is 0 Å². The average molecular weight is 212 g/mol. The summed E-state index contributed by atoms with van der Waals surface area (Å²) in [7, 11) is 3.94. The van der Waals surface area contributed by atoms with Crippen molar-refractivity contribution in [2.45, 2.75) is 37.4 Å². The van der Waals surface area contributed by atoms with Gasteiger partial charge in [0.1, 0.15) is 0 Å². The average Bonchev–Trinajstić information content (AvgIpc) is 2.67. The quantitative estimate of drug-likeness (QED) is 0.491. The Morgan fingerprint density at radius 3 is 2.69 bits per heavy atom. The molecule has 0 aromatic rings. The fourth-order valence-electron chi connectivity index (χ4n) is 2.03. The van der Waals surface area contributed by atoms with Crippen molar-refractivity contribution in [1.29, 1.82) is 0 Å². The Balaban J connectivity index is 1.96. The second kappa shape index (κ2) is 4.61. The fourth-order valence-corrected chi connectivity index (χ4v) is 4.83. The molecule has 0 bridgehead atoms. The lowest BCUT2D eigenvalue weighted by Crippen LogP contribution is -2.06. The van der Waals surface area contributed by atoms with Crippen molar-refractivity contribution in [2.24, 2.45) is 5.92 Å². The van der Waals surface area contributed by atoms with Crippen LogP contribution in [0.4, 0.5) is 0 Å². The topological polar surface area (TPSA) is 0 Å². The van der Waals surface area contributed by atoms with Gasteiger partial charge < -0.3 is 0 Å². The van der Waals surface area contributed by atoms with Crippen molar-refractivity contribution >= 4 is 21.6 Å². The van der Waals surface area contributed by atoms with Crippen LogP contribution in [-0.2, 0) is 0 Å². The van der Waals surface area contributed by atoms with E-state index >= 15 is 0 Å². The van der Waals surface area contributed by atoms with Crippen LogP contribution in [0.3, 0.4) is 0 Å². The molecule has 0 saturated heterocycles. The van der Waals surface area contributed by atoms with Crippen molar-refractivity contribution in [3.63, 3.8) is 0 Å². The summed E-state index contributed by atoms with van der Waals surface area (Å²) in [6, 6.07) is 0.